The summed E-state index contributed by atoms with van der Waals surface area (Å²) < 4.78 is 13.7. The van der Waals surface area contributed by atoms with E-state index in [-0.39, 0.29) is 16.5 Å². The summed E-state index contributed by atoms with van der Waals surface area (Å²) in [5.74, 6) is -0.640. The van der Waals surface area contributed by atoms with Crippen LogP contribution in [0.3, 0.4) is 0 Å². The quantitative estimate of drug-likeness (QED) is 0.576. The van der Waals surface area contributed by atoms with Crippen LogP contribution < -0.4 is 16.4 Å². The summed E-state index contributed by atoms with van der Waals surface area (Å²) in [6.07, 6.45) is 0. The van der Waals surface area contributed by atoms with Crippen LogP contribution in [-0.4, -0.2) is 10.9 Å². The minimum Gasteiger partial charge on any atom is -0.382 e. The van der Waals surface area contributed by atoms with Crippen LogP contribution in [0, 0.1) is 19.7 Å². The second kappa shape index (κ2) is 7.31. The van der Waals surface area contributed by atoms with Crippen molar-refractivity contribution < 1.29 is 9.18 Å². The average Bonchev–Trinajstić information content (AvgIpc) is 2.95. The number of nitrogens with zero attached hydrogens (tertiary/aromatic N) is 1. The van der Waals surface area contributed by atoms with E-state index in [1.807, 2.05) is 13.0 Å². The molecule has 5 nitrogen and oxygen atoms in total. The van der Waals surface area contributed by atoms with Crippen molar-refractivity contribution in [3.8, 4) is 0 Å². The van der Waals surface area contributed by atoms with E-state index in [1.54, 1.807) is 31.2 Å². The Kier molecular flexibility index (Phi) is 5.11. The molecule has 1 heterocycles. The van der Waals surface area contributed by atoms with Crippen molar-refractivity contribution in [3.63, 3.8) is 0 Å². The molecule has 0 bridgehead atoms. The monoisotopic (exact) mass is 390 g/mol. The minimum absolute atomic E-state index is 0.0901. The zero-order valence-corrected chi connectivity index (χ0v) is 15.6. The molecular weight excluding hydrogens is 375 g/mol. The number of anilines is 4. The standard InChI is InChI=1S/C18H16ClFN4OS/c1-9-6-7-11(8-13(9)20)22-18-24-16(21)15(26-18)17(25)23-14-10(2)4-3-5-12(14)19/h3-8H,21H2,1-2H3,(H,22,24)(H,23,25). The molecule has 1 amide bonds. The van der Waals surface area contributed by atoms with Crippen LogP contribution in [0.25, 0.3) is 0 Å². The zero-order chi connectivity index (χ0) is 18.8. The van der Waals surface area contributed by atoms with Crippen LogP contribution in [0.4, 0.5) is 26.7 Å². The summed E-state index contributed by atoms with van der Waals surface area (Å²) in [7, 11) is 0. The Labute approximate surface area is 159 Å². The van der Waals surface area contributed by atoms with Gasteiger partial charge in [0.25, 0.3) is 5.91 Å². The van der Waals surface area contributed by atoms with E-state index in [1.165, 1.54) is 6.07 Å². The maximum atomic E-state index is 13.7. The lowest BCUT2D eigenvalue weighted by Gasteiger charge is -2.09. The molecule has 0 radical (unpaired) electrons. The number of hydrogen-bond donors (Lipinski definition) is 3. The lowest BCUT2D eigenvalue weighted by atomic mass is 10.2. The minimum atomic E-state index is -0.403. The van der Waals surface area contributed by atoms with Gasteiger partial charge >= 0.3 is 0 Å². The topological polar surface area (TPSA) is 80.0 Å². The smallest absolute Gasteiger partial charge is 0.269 e. The van der Waals surface area contributed by atoms with Crippen molar-refractivity contribution >= 4 is 51.2 Å². The van der Waals surface area contributed by atoms with Crippen LogP contribution in [0.1, 0.15) is 20.8 Å². The Hall–Kier alpha value is -2.64. The lowest BCUT2D eigenvalue weighted by molar-refractivity contribution is 0.103. The first-order valence-electron chi connectivity index (χ1n) is 7.71. The van der Waals surface area contributed by atoms with Gasteiger partial charge in [-0.15, -0.1) is 0 Å². The van der Waals surface area contributed by atoms with Gasteiger partial charge in [-0.1, -0.05) is 41.1 Å². The maximum absolute atomic E-state index is 13.7. The second-order valence-electron chi connectivity index (χ2n) is 5.71. The molecule has 0 atom stereocenters. The van der Waals surface area contributed by atoms with Gasteiger partial charge in [0, 0.05) is 5.69 Å². The van der Waals surface area contributed by atoms with Crippen LogP contribution in [-0.2, 0) is 0 Å². The fraction of sp³-hybridized carbons (Fsp3) is 0.111. The van der Waals surface area contributed by atoms with Gasteiger partial charge in [0.1, 0.15) is 16.5 Å². The van der Waals surface area contributed by atoms with Gasteiger partial charge in [-0.2, -0.15) is 0 Å². The van der Waals surface area contributed by atoms with Gasteiger partial charge in [0.15, 0.2) is 5.13 Å². The molecule has 0 spiro atoms. The van der Waals surface area contributed by atoms with Gasteiger partial charge < -0.3 is 16.4 Å². The number of benzene rings is 2. The summed E-state index contributed by atoms with van der Waals surface area (Å²) >= 11 is 7.21. The van der Waals surface area contributed by atoms with Gasteiger partial charge in [-0.05, 0) is 43.2 Å². The zero-order valence-electron chi connectivity index (χ0n) is 14.1. The highest BCUT2D eigenvalue weighted by atomic mass is 35.5. The van der Waals surface area contributed by atoms with Gasteiger partial charge in [-0.3, -0.25) is 4.79 Å². The molecule has 0 aliphatic carbocycles. The lowest BCUT2D eigenvalue weighted by Crippen LogP contribution is -2.13. The molecular formula is C18H16ClFN4OS. The van der Waals surface area contributed by atoms with Crippen LogP contribution in [0.5, 0.6) is 0 Å². The van der Waals surface area contributed by atoms with E-state index in [9.17, 15) is 9.18 Å². The molecule has 4 N–H and O–H groups in total. The molecule has 8 heteroatoms. The van der Waals surface area contributed by atoms with E-state index in [4.69, 9.17) is 17.3 Å². The summed E-state index contributed by atoms with van der Waals surface area (Å²) in [4.78, 5) is 16.9. The first-order valence-corrected chi connectivity index (χ1v) is 8.90. The van der Waals surface area contributed by atoms with Gasteiger partial charge in [0.05, 0.1) is 10.7 Å². The number of para-hydroxylation sites is 1. The number of aryl methyl sites for hydroxylation is 2. The Bertz CT molecular complexity index is 969. The van der Waals surface area contributed by atoms with E-state index in [2.05, 4.69) is 15.6 Å². The number of halogens is 2. The number of carbonyl (C=O) groups excluding carboxylic acids is 1. The van der Waals surface area contributed by atoms with Crippen molar-refractivity contribution in [3.05, 3.63) is 63.2 Å². The van der Waals surface area contributed by atoms with E-state index in [0.717, 1.165) is 16.9 Å². The Morgan fingerprint density at radius 1 is 1.23 bits per heavy atom. The molecule has 3 rings (SSSR count). The van der Waals surface area contributed by atoms with Crippen molar-refractivity contribution in [2.45, 2.75) is 13.8 Å². The summed E-state index contributed by atoms with van der Waals surface area (Å²) in [5.41, 5.74) is 8.31. The number of rotatable bonds is 4. The predicted octanol–water partition coefficient (Wildman–Crippen LogP) is 5.13. The number of thiazole rings is 1. The summed E-state index contributed by atoms with van der Waals surface area (Å²) in [5, 5.41) is 6.55. The molecule has 0 unspecified atom stereocenters. The summed E-state index contributed by atoms with van der Waals surface area (Å²) in [6.45, 7) is 3.52. The number of hydrogen-bond acceptors (Lipinski definition) is 5. The largest absolute Gasteiger partial charge is 0.382 e. The van der Waals surface area contributed by atoms with Crippen LogP contribution in [0.15, 0.2) is 36.4 Å². The number of nitrogens with one attached hydrogen (secondary N) is 2. The highest BCUT2D eigenvalue weighted by Crippen LogP contribution is 2.31. The van der Waals surface area contributed by atoms with Crippen LogP contribution >= 0.6 is 22.9 Å². The highest BCUT2D eigenvalue weighted by molar-refractivity contribution is 7.18. The molecule has 0 aliphatic heterocycles. The number of nitrogen functional groups attached to an aromatic ring is 1. The number of aromatic nitrogens is 1. The molecule has 0 fully saturated rings. The Morgan fingerprint density at radius 2 is 2.00 bits per heavy atom. The van der Waals surface area contributed by atoms with E-state index in [0.29, 0.717) is 27.1 Å². The Balaban J connectivity index is 1.81. The third kappa shape index (κ3) is 3.79. The first-order chi connectivity index (χ1) is 12.3. The molecule has 134 valence electrons. The Morgan fingerprint density at radius 3 is 2.69 bits per heavy atom. The molecule has 0 saturated carbocycles. The normalized spacial score (nSPS) is 10.6. The third-order valence-corrected chi connectivity index (χ3v) is 5.04. The number of amides is 1. The molecule has 3 aromatic rings. The van der Waals surface area contributed by atoms with Crippen molar-refractivity contribution in [2.75, 3.05) is 16.4 Å². The van der Waals surface area contributed by atoms with Crippen molar-refractivity contribution in [1.82, 2.24) is 4.98 Å². The van der Waals surface area contributed by atoms with Crippen LogP contribution in [0.2, 0.25) is 5.02 Å². The fourth-order valence-electron chi connectivity index (χ4n) is 2.30. The average molecular weight is 391 g/mol. The van der Waals surface area contributed by atoms with E-state index < -0.39 is 5.91 Å². The molecule has 26 heavy (non-hydrogen) atoms. The fourth-order valence-corrected chi connectivity index (χ4v) is 3.37. The van der Waals surface area contributed by atoms with Gasteiger partial charge in [-0.25, -0.2) is 9.37 Å². The van der Waals surface area contributed by atoms with E-state index >= 15 is 0 Å². The third-order valence-electron chi connectivity index (χ3n) is 3.74. The van der Waals surface area contributed by atoms with Gasteiger partial charge in [0.2, 0.25) is 0 Å². The number of nitrogens with two attached hydrogens (primary N) is 1. The molecule has 1 aromatic heterocycles. The maximum Gasteiger partial charge on any atom is 0.269 e. The molecule has 0 aliphatic rings. The number of carbonyl (C=O) groups is 1. The molecule has 0 saturated heterocycles. The highest BCUT2D eigenvalue weighted by Gasteiger charge is 2.18. The SMILES string of the molecule is Cc1ccc(Nc2nc(N)c(C(=O)Nc3c(C)cccc3Cl)s2)cc1F. The predicted molar refractivity (Wildman–Crippen MR) is 105 cm³/mol. The first kappa shape index (κ1) is 18.2. The van der Waals surface area contributed by atoms with Crippen molar-refractivity contribution in [2.24, 2.45) is 0 Å². The summed E-state index contributed by atoms with van der Waals surface area (Å²) in [6, 6.07) is 10.1. The second-order valence-corrected chi connectivity index (χ2v) is 7.11. The van der Waals surface area contributed by atoms with Crippen molar-refractivity contribution in [1.29, 1.82) is 0 Å². The molecule has 2 aromatic carbocycles.